The third kappa shape index (κ3) is 1.94. The Labute approximate surface area is 88.3 Å². The molecule has 1 unspecified atom stereocenters. The molecular weight excluding hydrogens is 229 g/mol. The van der Waals surface area contributed by atoms with Crippen molar-refractivity contribution >= 4 is 5.69 Å². The van der Waals surface area contributed by atoms with E-state index < -0.39 is 40.8 Å². The fourth-order valence-electron chi connectivity index (χ4n) is 0.990. The molecule has 86 valence electrons. The molecule has 16 heavy (non-hydrogen) atoms. The zero-order valence-corrected chi connectivity index (χ0v) is 8.04. The Bertz CT molecular complexity index is 434. The minimum atomic E-state index is -2.20. The first-order valence-corrected chi connectivity index (χ1v) is 4.14. The second-order valence-electron chi connectivity index (χ2n) is 2.98. The number of hydrogen-bond acceptors (Lipinski definition) is 1. The number of anilines is 1. The van der Waals surface area contributed by atoms with Crippen LogP contribution in [0.2, 0.25) is 0 Å². The number of benzene rings is 1. The van der Waals surface area contributed by atoms with Crippen LogP contribution in [0, 0.1) is 41.4 Å². The largest absolute Gasteiger partial charge is 0.367 e. The molecule has 1 aromatic rings. The van der Waals surface area contributed by atoms with E-state index >= 15 is 0 Å². The number of rotatable bonds is 2. The summed E-state index contributed by atoms with van der Waals surface area (Å²) < 4.78 is 64.1. The smallest absolute Gasteiger partial charge is 0.200 e. The van der Waals surface area contributed by atoms with Crippen LogP contribution in [0.3, 0.4) is 0 Å². The van der Waals surface area contributed by atoms with Crippen molar-refractivity contribution in [1.29, 1.82) is 0 Å². The highest BCUT2D eigenvalue weighted by molar-refractivity contribution is 5.49. The van der Waals surface area contributed by atoms with E-state index in [1.54, 1.807) is 0 Å². The van der Waals surface area contributed by atoms with Crippen LogP contribution in [0.4, 0.5) is 27.6 Å². The van der Waals surface area contributed by atoms with Gasteiger partial charge in [0.1, 0.15) is 5.69 Å². The van der Waals surface area contributed by atoms with Gasteiger partial charge in [0, 0.05) is 0 Å². The Morgan fingerprint density at radius 2 is 1.31 bits per heavy atom. The normalized spacial score (nSPS) is 12.1. The van der Waals surface area contributed by atoms with E-state index in [-0.39, 0.29) is 0 Å². The second kappa shape index (κ2) is 4.39. The van der Waals surface area contributed by atoms with Crippen LogP contribution in [-0.2, 0) is 0 Å². The van der Waals surface area contributed by atoms with Crippen LogP contribution < -0.4 is 5.32 Å². The third-order valence-corrected chi connectivity index (χ3v) is 1.82. The van der Waals surface area contributed by atoms with Crippen LogP contribution in [0.5, 0.6) is 0 Å². The van der Waals surface area contributed by atoms with Gasteiger partial charge in [-0.15, -0.1) is 6.42 Å². The summed E-state index contributed by atoms with van der Waals surface area (Å²) in [6.07, 6.45) is 4.91. The molecule has 1 aromatic carbocycles. The van der Waals surface area contributed by atoms with Gasteiger partial charge in [0.25, 0.3) is 0 Å². The Kier molecular flexibility index (Phi) is 3.38. The minimum Gasteiger partial charge on any atom is -0.367 e. The minimum absolute atomic E-state index is 0.867. The summed E-state index contributed by atoms with van der Waals surface area (Å²) in [5.41, 5.74) is -1.12. The van der Waals surface area contributed by atoms with Crippen molar-refractivity contribution in [2.24, 2.45) is 0 Å². The standard InChI is InChI=1S/C10H6F5N/c1-3-4(2)16-10-8(14)6(12)5(11)7(13)9(10)15/h1,4,16H,2H3. The highest BCUT2D eigenvalue weighted by Gasteiger charge is 2.26. The van der Waals surface area contributed by atoms with Crippen molar-refractivity contribution in [2.45, 2.75) is 13.0 Å². The Morgan fingerprint density at radius 1 is 0.938 bits per heavy atom. The molecular formula is C10H6F5N. The summed E-state index contributed by atoms with van der Waals surface area (Å²) >= 11 is 0. The van der Waals surface area contributed by atoms with Crippen LogP contribution in [0.15, 0.2) is 0 Å². The molecule has 0 aliphatic rings. The molecule has 0 radical (unpaired) electrons. The Balaban J connectivity index is 3.35. The number of terminal acetylenes is 1. The summed E-state index contributed by atoms with van der Waals surface area (Å²) in [4.78, 5) is 0. The number of halogens is 5. The first kappa shape index (κ1) is 12.3. The molecule has 0 saturated heterocycles. The second-order valence-corrected chi connectivity index (χ2v) is 2.98. The maximum Gasteiger partial charge on any atom is 0.200 e. The topological polar surface area (TPSA) is 12.0 Å². The molecule has 0 spiro atoms. The maximum atomic E-state index is 13.0. The lowest BCUT2D eigenvalue weighted by atomic mass is 10.2. The molecule has 0 aromatic heterocycles. The molecule has 0 amide bonds. The van der Waals surface area contributed by atoms with Crippen molar-refractivity contribution in [2.75, 3.05) is 5.32 Å². The van der Waals surface area contributed by atoms with Crippen LogP contribution in [-0.4, -0.2) is 6.04 Å². The van der Waals surface area contributed by atoms with E-state index in [0.29, 0.717) is 0 Å². The average molecular weight is 235 g/mol. The molecule has 1 atom stereocenters. The summed E-state index contributed by atoms with van der Waals surface area (Å²) in [5.74, 6) is -8.04. The fraction of sp³-hybridized carbons (Fsp3) is 0.200. The third-order valence-electron chi connectivity index (χ3n) is 1.82. The molecule has 1 N–H and O–H groups in total. The van der Waals surface area contributed by atoms with Crippen molar-refractivity contribution in [3.05, 3.63) is 29.1 Å². The Morgan fingerprint density at radius 3 is 1.69 bits per heavy atom. The van der Waals surface area contributed by atoms with Gasteiger partial charge >= 0.3 is 0 Å². The van der Waals surface area contributed by atoms with Gasteiger partial charge < -0.3 is 5.32 Å². The van der Waals surface area contributed by atoms with Crippen LogP contribution in [0.1, 0.15) is 6.92 Å². The first-order chi connectivity index (χ1) is 7.40. The highest BCUT2D eigenvalue weighted by Crippen LogP contribution is 2.27. The number of hydrogen-bond donors (Lipinski definition) is 1. The van der Waals surface area contributed by atoms with Crippen LogP contribution >= 0.6 is 0 Å². The average Bonchev–Trinajstić information content (AvgIpc) is 2.29. The lowest BCUT2D eigenvalue weighted by Crippen LogP contribution is -2.17. The van der Waals surface area contributed by atoms with Gasteiger partial charge in [-0.05, 0) is 6.92 Å². The van der Waals surface area contributed by atoms with E-state index in [1.807, 2.05) is 11.2 Å². The van der Waals surface area contributed by atoms with Gasteiger partial charge in [-0.3, -0.25) is 0 Å². The lowest BCUT2D eigenvalue weighted by Gasteiger charge is -2.12. The van der Waals surface area contributed by atoms with Gasteiger partial charge in [0.05, 0.1) is 6.04 Å². The highest BCUT2D eigenvalue weighted by atomic mass is 19.2. The maximum absolute atomic E-state index is 13.0. The summed E-state index contributed by atoms with van der Waals surface area (Å²) in [6, 6.07) is -0.867. The molecule has 0 fully saturated rings. The zero-order valence-electron chi connectivity index (χ0n) is 8.04. The van der Waals surface area contributed by atoms with E-state index in [4.69, 9.17) is 6.42 Å². The molecule has 6 heteroatoms. The fourth-order valence-corrected chi connectivity index (χ4v) is 0.990. The van der Waals surface area contributed by atoms with E-state index in [1.165, 1.54) is 6.92 Å². The van der Waals surface area contributed by atoms with Gasteiger partial charge in [-0.2, -0.15) is 0 Å². The number of nitrogens with one attached hydrogen (secondary N) is 1. The molecule has 0 aliphatic heterocycles. The molecule has 0 bridgehead atoms. The molecule has 0 aliphatic carbocycles. The molecule has 0 heterocycles. The predicted molar refractivity (Wildman–Crippen MR) is 48.1 cm³/mol. The summed E-state index contributed by atoms with van der Waals surface area (Å²) in [7, 11) is 0. The van der Waals surface area contributed by atoms with Crippen molar-refractivity contribution < 1.29 is 22.0 Å². The first-order valence-electron chi connectivity index (χ1n) is 4.14. The van der Waals surface area contributed by atoms with Gasteiger partial charge in [-0.1, -0.05) is 5.92 Å². The van der Waals surface area contributed by atoms with Gasteiger partial charge in [0.15, 0.2) is 23.3 Å². The van der Waals surface area contributed by atoms with Crippen molar-refractivity contribution in [3.8, 4) is 12.3 Å². The SMILES string of the molecule is C#CC(C)Nc1c(F)c(F)c(F)c(F)c1F. The molecule has 1 rings (SSSR count). The van der Waals surface area contributed by atoms with Crippen molar-refractivity contribution in [3.63, 3.8) is 0 Å². The van der Waals surface area contributed by atoms with Crippen molar-refractivity contribution in [1.82, 2.24) is 0 Å². The molecule has 0 saturated carbocycles. The molecule has 1 nitrogen and oxygen atoms in total. The van der Waals surface area contributed by atoms with E-state index in [2.05, 4.69) is 0 Å². The Hall–Kier alpha value is -1.77. The monoisotopic (exact) mass is 235 g/mol. The van der Waals surface area contributed by atoms with E-state index in [9.17, 15) is 22.0 Å². The quantitative estimate of drug-likeness (QED) is 0.359. The summed E-state index contributed by atoms with van der Waals surface area (Å²) in [5, 5.41) is 2.00. The van der Waals surface area contributed by atoms with Crippen LogP contribution in [0.25, 0.3) is 0 Å². The zero-order chi connectivity index (χ0) is 12.5. The summed E-state index contributed by atoms with van der Waals surface area (Å²) in [6.45, 7) is 1.33. The van der Waals surface area contributed by atoms with E-state index in [0.717, 1.165) is 0 Å². The lowest BCUT2D eigenvalue weighted by molar-refractivity contribution is 0.381. The predicted octanol–water partition coefficient (Wildman–Crippen LogP) is 2.82. The van der Waals surface area contributed by atoms with Gasteiger partial charge in [-0.25, -0.2) is 22.0 Å². The van der Waals surface area contributed by atoms with Gasteiger partial charge in [0.2, 0.25) is 5.82 Å².